The first kappa shape index (κ1) is 17.6. The molecule has 2 aromatic rings. The van der Waals surface area contributed by atoms with Crippen LogP contribution >= 0.6 is 0 Å². The van der Waals surface area contributed by atoms with Gasteiger partial charge in [0.25, 0.3) is 0 Å². The van der Waals surface area contributed by atoms with Gasteiger partial charge in [0.15, 0.2) is 5.76 Å². The molecular weight excluding hydrogens is 325 g/mol. The van der Waals surface area contributed by atoms with Crippen LogP contribution in [0.1, 0.15) is 19.1 Å². The van der Waals surface area contributed by atoms with Gasteiger partial charge in [0.05, 0.1) is 25.8 Å². The van der Waals surface area contributed by atoms with E-state index in [4.69, 9.17) is 9.26 Å². The summed E-state index contributed by atoms with van der Waals surface area (Å²) in [6.45, 7) is 5.13. The number of hydrogen-bond acceptors (Lipinski definition) is 5. The van der Waals surface area contributed by atoms with Crippen molar-refractivity contribution in [2.75, 3.05) is 26.3 Å². The van der Waals surface area contributed by atoms with E-state index in [2.05, 4.69) is 15.4 Å². The fraction of sp³-hybridized carbons (Fsp3) is 0.444. The van der Waals surface area contributed by atoms with Crippen molar-refractivity contribution in [2.45, 2.75) is 25.9 Å². The lowest BCUT2D eigenvalue weighted by molar-refractivity contribution is -0.128. The lowest BCUT2D eigenvalue weighted by Crippen LogP contribution is -2.50. The summed E-state index contributed by atoms with van der Waals surface area (Å²) in [6.07, 6.45) is 0.739. The van der Waals surface area contributed by atoms with Crippen LogP contribution in [0.4, 0.5) is 4.39 Å². The zero-order chi connectivity index (χ0) is 17.6. The molecule has 1 fully saturated rings. The number of amides is 1. The summed E-state index contributed by atoms with van der Waals surface area (Å²) in [4.78, 5) is 14.6. The molecular formula is C18H22FN3O3. The van der Waals surface area contributed by atoms with Gasteiger partial charge in [-0.1, -0.05) is 12.1 Å². The molecule has 1 unspecified atom stereocenters. The molecule has 1 atom stereocenters. The molecule has 1 N–H and O–H groups in total. The number of carbonyl (C=O) groups excluding carboxylic acids is 1. The Bertz CT molecular complexity index is 696. The number of halogens is 1. The molecule has 0 spiro atoms. The number of hydrogen-bond donors (Lipinski definition) is 1. The number of aromatic nitrogens is 1. The first-order valence-electron chi connectivity index (χ1n) is 8.48. The molecule has 1 aromatic carbocycles. The molecule has 1 aliphatic rings. The van der Waals surface area contributed by atoms with E-state index in [1.165, 1.54) is 12.1 Å². The van der Waals surface area contributed by atoms with E-state index in [1.807, 2.05) is 6.92 Å². The van der Waals surface area contributed by atoms with E-state index in [0.717, 1.165) is 25.1 Å². The summed E-state index contributed by atoms with van der Waals surface area (Å²) in [5.41, 5.74) is 1.38. The van der Waals surface area contributed by atoms with Gasteiger partial charge >= 0.3 is 0 Å². The van der Waals surface area contributed by atoms with Gasteiger partial charge in [0, 0.05) is 24.7 Å². The SMILES string of the molecule is CCC(C(=O)NCc1cc(-c2ccc(F)cc2)no1)N1CCOCC1. The van der Waals surface area contributed by atoms with Gasteiger partial charge in [0.2, 0.25) is 5.91 Å². The second-order valence-electron chi connectivity index (χ2n) is 5.98. The summed E-state index contributed by atoms with van der Waals surface area (Å²) in [6, 6.07) is 7.62. The van der Waals surface area contributed by atoms with Crippen molar-refractivity contribution in [2.24, 2.45) is 0 Å². The van der Waals surface area contributed by atoms with Gasteiger partial charge in [0.1, 0.15) is 11.5 Å². The fourth-order valence-corrected chi connectivity index (χ4v) is 2.94. The highest BCUT2D eigenvalue weighted by Gasteiger charge is 2.25. The molecule has 0 radical (unpaired) electrons. The van der Waals surface area contributed by atoms with E-state index in [9.17, 15) is 9.18 Å². The van der Waals surface area contributed by atoms with Gasteiger partial charge in [-0.15, -0.1) is 0 Å². The lowest BCUT2D eigenvalue weighted by Gasteiger charge is -2.32. The van der Waals surface area contributed by atoms with Crippen LogP contribution in [0.15, 0.2) is 34.9 Å². The Balaban J connectivity index is 1.57. The minimum absolute atomic E-state index is 0.0240. The van der Waals surface area contributed by atoms with E-state index >= 15 is 0 Å². The van der Waals surface area contributed by atoms with Gasteiger partial charge in [-0.25, -0.2) is 4.39 Å². The second kappa shape index (κ2) is 8.22. The van der Waals surface area contributed by atoms with E-state index < -0.39 is 0 Å². The number of benzene rings is 1. The number of morpholine rings is 1. The van der Waals surface area contributed by atoms with Crippen molar-refractivity contribution in [3.8, 4) is 11.3 Å². The molecule has 1 aliphatic heterocycles. The monoisotopic (exact) mass is 347 g/mol. The average molecular weight is 347 g/mol. The Hall–Kier alpha value is -2.25. The molecule has 1 amide bonds. The van der Waals surface area contributed by atoms with Crippen molar-refractivity contribution in [1.82, 2.24) is 15.4 Å². The number of nitrogens with zero attached hydrogens (tertiary/aromatic N) is 2. The molecule has 134 valence electrons. The minimum atomic E-state index is -0.298. The molecule has 6 nitrogen and oxygen atoms in total. The van der Waals surface area contributed by atoms with Crippen molar-refractivity contribution in [3.63, 3.8) is 0 Å². The number of carbonyl (C=O) groups is 1. The Morgan fingerprint density at radius 1 is 1.32 bits per heavy atom. The largest absolute Gasteiger partial charge is 0.379 e. The summed E-state index contributed by atoms with van der Waals surface area (Å²) in [5, 5.41) is 6.88. The zero-order valence-electron chi connectivity index (χ0n) is 14.2. The lowest BCUT2D eigenvalue weighted by atomic mass is 10.1. The fourth-order valence-electron chi connectivity index (χ4n) is 2.94. The highest BCUT2D eigenvalue weighted by Crippen LogP contribution is 2.19. The average Bonchev–Trinajstić information content (AvgIpc) is 3.11. The molecule has 0 aliphatic carbocycles. The maximum Gasteiger partial charge on any atom is 0.237 e. The van der Waals surface area contributed by atoms with E-state index in [1.54, 1.807) is 18.2 Å². The first-order valence-corrected chi connectivity index (χ1v) is 8.48. The van der Waals surface area contributed by atoms with E-state index in [-0.39, 0.29) is 24.3 Å². The maximum absolute atomic E-state index is 13.0. The standard InChI is InChI=1S/C18H22FN3O3/c1-2-17(22-7-9-24-10-8-22)18(23)20-12-15-11-16(21-25-15)13-3-5-14(19)6-4-13/h3-6,11,17H,2,7-10,12H2,1H3,(H,20,23). The normalized spacial score (nSPS) is 16.6. The highest BCUT2D eigenvalue weighted by molar-refractivity contribution is 5.81. The van der Waals surface area contributed by atoms with Crippen LogP contribution in [0.2, 0.25) is 0 Å². The van der Waals surface area contributed by atoms with Gasteiger partial charge in [-0.3, -0.25) is 9.69 Å². The van der Waals surface area contributed by atoms with Gasteiger partial charge < -0.3 is 14.6 Å². The molecule has 1 saturated heterocycles. The van der Waals surface area contributed by atoms with Crippen molar-refractivity contribution in [1.29, 1.82) is 0 Å². The number of ether oxygens (including phenoxy) is 1. The quantitative estimate of drug-likeness (QED) is 0.868. The van der Waals surface area contributed by atoms with Crippen LogP contribution in [0.5, 0.6) is 0 Å². The van der Waals surface area contributed by atoms with Crippen molar-refractivity contribution < 1.29 is 18.4 Å². The molecule has 2 heterocycles. The highest BCUT2D eigenvalue weighted by atomic mass is 19.1. The number of nitrogens with one attached hydrogen (secondary N) is 1. The Morgan fingerprint density at radius 2 is 2.04 bits per heavy atom. The number of rotatable bonds is 6. The third-order valence-electron chi connectivity index (χ3n) is 4.31. The van der Waals surface area contributed by atoms with Crippen LogP contribution in [0.25, 0.3) is 11.3 Å². The van der Waals surface area contributed by atoms with Crippen LogP contribution < -0.4 is 5.32 Å². The summed E-state index contributed by atoms with van der Waals surface area (Å²) in [7, 11) is 0. The van der Waals surface area contributed by atoms with Crippen LogP contribution in [-0.2, 0) is 16.1 Å². The topological polar surface area (TPSA) is 67.6 Å². The summed E-state index contributed by atoms with van der Waals surface area (Å²) < 4.78 is 23.6. The summed E-state index contributed by atoms with van der Waals surface area (Å²) >= 11 is 0. The van der Waals surface area contributed by atoms with Crippen molar-refractivity contribution >= 4 is 5.91 Å². The van der Waals surface area contributed by atoms with Crippen LogP contribution in [0, 0.1) is 5.82 Å². The molecule has 1 aromatic heterocycles. The Labute approximate surface area is 145 Å². The van der Waals surface area contributed by atoms with Gasteiger partial charge in [-0.2, -0.15) is 0 Å². The Kier molecular flexibility index (Phi) is 5.78. The molecule has 25 heavy (non-hydrogen) atoms. The maximum atomic E-state index is 13.0. The van der Waals surface area contributed by atoms with Crippen LogP contribution in [0.3, 0.4) is 0 Å². The first-order chi connectivity index (χ1) is 12.2. The minimum Gasteiger partial charge on any atom is -0.379 e. The zero-order valence-corrected chi connectivity index (χ0v) is 14.2. The Morgan fingerprint density at radius 3 is 2.72 bits per heavy atom. The molecule has 7 heteroatoms. The van der Waals surface area contributed by atoms with Crippen molar-refractivity contribution in [3.05, 3.63) is 41.9 Å². The van der Waals surface area contributed by atoms with Gasteiger partial charge in [-0.05, 0) is 30.7 Å². The molecule has 0 bridgehead atoms. The molecule has 3 rings (SSSR count). The third kappa shape index (κ3) is 4.43. The smallest absolute Gasteiger partial charge is 0.237 e. The second-order valence-corrected chi connectivity index (χ2v) is 5.98. The van der Waals surface area contributed by atoms with Crippen LogP contribution in [-0.4, -0.2) is 48.3 Å². The third-order valence-corrected chi connectivity index (χ3v) is 4.31. The predicted octanol–water partition coefficient (Wildman–Crippen LogP) is 2.21. The summed E-state index contributed by atoms with van der Waals surface area (Å²) in [5.74, 6) is 0.238. The van der Waals surface area contributed by atoms with E-state index in [0.29, 0.717) is 24.7 Å². The predicted molar refractivity (Wildman–Crippen MR) is 90.2 cm³/mol. The molecule has 0 saturated carbocycles.